The van der Waals surface area contributed by atoms with Crippen LogP contribution in [0.1, 0.15) is 31.4 Å². The zero-order chi connectivity index (χ0) is 13.5. The van der Waals surface area contributed by atoms with Gasteiger partial charge in [-0.3, -0.25) is 4.79 Å². The third-order valence-electron chi connectivity index (χ3n) is 3.27. The molecule has 0 bridgehead atoms. The third kappa shape index (κ3) is 4.88. The second kappa shape index (κ2) is 7.17. The summed E-state index contributed by atoms with van der Waals surface area (Å²) < 4.78 is 0. The quantitative estimate of drug-likeness (QED) is 0.809. The minimum atomic E-state index is 0.0346. The van der Waals surface area contributed by atoms with Crippen LogP contribution in [0.2, 0.25) is 0 Å². The zero-order valence-electron chi connectivity index (χ0n) is 11.6. The fourth-order valence-electron chi connectivity index (χ4n) is 1.69. The van der Waals surface area contributed by atoms with Crippen LogP contribution < -0.4 is 11.1 Å². The lowest BCUT2D eigenvalue weighted by molar-refractivity contribution is -0.121. The molecule has 1 rings (SSSR count). The molecule has 0 fully saturated rings. The fraction of sp³-hybridized carbons (Fsp3) is 0.533. The van der Waals surface area contributed by atoms with Gasteiger partial charge in [0.05, 0.1) is 0 Å². The van der Waals surface area contributed by atoms with E-state index in [0.717, 1.165) is 6.42 Å². The Hall–Kier alpha value is -1.35. The first kappa shape index (κ1) is 14.7. The number of nitrogens with one attached hydrogen (secondary N) is 1. The summed E-state index contributed by atoms with van der Waals surface area (Å²) in [6, 6.07) is 8.20. The summed E-state index contributed by atoms with van der Waals surface area (Å²) in [5, 5.41) is 2.89. The molecule has 100 valence electrons. The molecule has 0 aliphatic heterocycles. The molecule has 0 spiro atoms. The Morgan fingerprint density at radius 3 is 2.61 bits per heavy atom. The maximum Gasteiger partial charge on any atom is 0.220 e. The summed E-state index contributed by atoms with van der Waals surface area (Å²) in [4.78, 5) is 11.7. The highest BCUT2D eigenvalue weighted by Crippen LogP contribution is 2.09. The Kier molecular flexibility index (Phi) is 5.86. The first-order valence-corrected chi connectivity index (χ1v) is 6.57. The second-order valence-corrected chi connectivity index (χ2v) is 5.14. The number of carbonyl (C=O) groups is 1. The molecule has 0 aliphatic carbocycles. The van der Waals surface area contributed by atoms with Crippen LogP contribution in [0.3, 0.4) is 0 Å². The highest BCUT2D eigenvalue weighted by molar-refractivity contribution is 5.76. The van der Waals surface area contributed by atoms with E-state index in [1.165, 1.54) is 11.1 Å². The summed E-state index contributed by atoms with van der Waals surface area (Å²) in [5.41, 5.74) is 8.36. The van der Waals surface area contributed by atoms with Crippen LogP contribution in [0, 0.1) is 12.8 Å². The minimum Gasteiger partial charge on any atom is -0.355 e. The average molecular weight is 248 g/mol. The summed E-state index contributed by atoms with van der Waals surface area (Å²) in [6.45, 7) is 6.75. The van der Waals surface area contributed by atoms with Crippen molar-refractivity contribution in [2.45, 2.75) is 39.7 Å². The van der Waals surface area contributed by atoms with Gasteiger partial charge in [0.15, 0.2) is 0 Å². The van der Waals surface area contributed by atoms with Crippen LogP contribution in [-0.2, 0) is 11.2 Å². The number of aryl methyl sites for hydroxylation is 2. The van der Waals surface area contributed by atoms with Crippen molar-refractivity contribution < 1.29 is 4.79 Å². The van der Waals surface area contributed by atoms with Gasteiger partial charge in [0.1, 0.15) is 0 Å². The van der Waals surface area contributed by atoms with Gasteiger partial charge in [0, 0.05) is 19.0 Å². The van der Waals surface area contributed by atoms with Crippen molar-refractivity contribution in [2.75, 3.05) is 6.54 Å². The third-order valence-corrected chi connectivity index (χ3v) is 3.27. The average Bonchev–Trinajstić information content (AvgIpc) is 2.34. The monoisotopic (exact) mass is 248 g/mol. The Morgan fingerprint density at radius 1 is 1.33 bits per heavy atom. The molecule has 3 heteroatoms. The van der Waals surface area contributed by atoms with E-state index in [2.05, 4.69) is 38.2 Å². The molecule has 0 heterocycles. The van der Waals surface area contributed by atoms with Crippen molar-refractivity contribution in [3.63, 3.8) is 0 Å². The Morgan fingerprint density at radius 2 is 2.00 bits per heavy atom. The standard InChI is InChI=1S/C15H24N2O/c1-11(2)14(16)10-17-15(18)9-8-13-7-5-4-6-12(13)3/h4-7,11,14H,8-10,16H2,1-3H3,(H,17,18). The normalized spacial score (nSPS) is 12.5. The molecule has 0 aliphatic rings. The molecule has 1 unspecified atom stereocenters. The van der Waals surface area contributed by atoms with Gasteiger partial charge in [-0.05, 0) is 30.4 Å². The smallest absolute Gasteiger partial charge is 0.220 e. The molecule has 3 N–H and O–H groups in total. The van der Waals surface area contributed by atoms with Gasteiger partial charge in [-0.2, -0.15) is 0 Å². The van der Waals surface area contributed by atoms with E-state index in [1.807, 2.05) is 12.1 Å². The number of amides is 1. The molecule has 1 aromatic carbocycles. The van der Waals surface area contributed by atoms with Gasteiger partial charge in [0.2, 0.25) is 5.91 Å². The van der Waals surface area contributed by atoms with E-state index in [-0.39, 0.29) is 11.9 Å². The molecule has 1 aromatic rings. The van der Waals surface area contributed by atoms with Crippen molar-refractivity contribution in [3.8, 4) is 0 Å². The SMILES string of the molecule is Cc1ccccc1CCC(=O)NCC(N)C(C)C. The maximum atomic E-state index is 11.7. The predicted molar refractivity (Wildman–Crippen MR) is 75.3 cm³/mol. The fourth-order valence-corrected chi connectivity index (χ4v) is 1.69. The van der Waals surface area contributed by atoms with Gasteiger partial charge in [0.25, 0.3) is 0 Å². The Labute approximate surface area is 110 Å². The van der Waals surface area contributed by atoms with Crippen molar-refractivity contribution in [1.82, 2.24) is 5.32 Å². The van der Waals surface area contributed by atoms with E-state index in [4.69, 9.17) is 5.73 Å². The van der Waals surface area contributed by atoms with Crippen LogP contribution in [0.5, 0.6) is 0 Å². The van der Waals surface area contributed by atoms with E-state index < -0.39 is 0 Å². The molecule has 1 amide bonds. The number of hydrogen-bond donors (Lipinski definition) is 2. The largest absolute Gasteiger partial charge is 0.355 e. The molecule has 0 aromatic heterocycles. The van der Waals surface area contributed by atoms with Gasteiger partial charge in [-0.1, -0.05) is 38.1 Å². The number of benzene rings is 1. The Balaban J connectivity index is 2.32. The van der Waals surface area contributed by atoms with Gasteiger partial charge in [-0.15, -0.1) is 0 Å². The van der Waals surface area contributed by atoms with Crippen molar-refractivity contribution >= 4 is 5.91 Å². The number of carbonyl (C=O) groups excluding carboxylic acids is 1. The van der Waals surface area contributed by atoms with Gasteiger partial charge < -0.3 is 11.1 Å². The molecule has 0 saturated heterocycles. The molecule has 18 heavy (non-hydrogen) atoms. The summed E-state index contributed by atoms with van der Waals surface area (Å²) >= 11 is 0. The minimum absolute atomic E-state index is 0.0346. The molecule has 1 atom stereocenters. The van der Waals surface area contributed by atoms with Crippen LogP contribution in [-0.4, -0.2) is 18.5 Å². The lowest BCUT2D eigenvalue weighted by atomic mass is 10.0. The number of rotatable bonds is 6. The summed E-state index contributed by atoms with van der Waals surface area (Å²) in [7, 11) is 0. The van der Waals surface area contributed by atoms with Crippen molar-refractivity contribution in [3.05, 3.63) is 35.4 Å². The molecular formula is C15H24N2O. The zero-order valence-corrected chi connectivity index (χ0v) is 11.6. The van der Waals surface area contributed by atoms with Gasteiger partial charge in [-0.25, -0.2) is 0 Å². The first-order chi connectivity index (χ1) is 8.50. The van der Waals surface area contributed by atoms with Crippen LogP contribution >= 0.6 is 0 Å². The van der Waals surface area contributed by atoms with E-state index >= 15 is 0 Å². The highest BCUT2D eigenvalue weighted by Gasteiger charge is 2.09. The summed E-state index contributed by atoms with van der Waals surface area (Å²) in [5.74, 6) is 0.469. The van der Waals surface area contributed by atoms with Gasteiger partial charge >= 0.3 is 0 Å². The molecule has 0 radical (unpaired) electrons. The van der Waals surface area contributed by atoms with Crippen molar-refractivity contribution in [2.24, 2.45) is 11.7 Å². The lowest BCUT2D eigenvalue weighted by Gasteiger charge is -2.16. The lowest BCUT2D eigenvalue weighted by Crippen LogP contribution is -2.40. The van der Waals surface area contributed by atoms with Crippen LogP contribution in [0.25, 0.3) is 0 Å². The molecular weight excluding hydrogens is 224 g/mol. The molecule has 3 nitrogen and oxygen atoms in total. The predicted octanol–water partition coefficient (Wildman–Crippen LogP) is 2.03. The number of hydrogen-bond acceptors (Lipinski definition) is 2. The van der Waals surface area contributed by atoms with E-state index in [1.54, 1.807) is 0 Å². The maximum absolute atomic E-state index is 11.7. The summed E-state index contributed by atoms with van der Waals surface area (Å²) in [6.07, 6.45) is 1.31. The highest BCUT2D eigenvalue weighted by atomic mass is 16.1. The van der Waals surface area contributed by atoms with E-state index in [0.29, 0.717) is 18.9 Å². The first-order valence-electron chi connectivity index (χ1n) is 6.57. The van der Waals surface area contributed by atoms with Crippen LogP contribution in [0.4, 0.5) is 0 Å². The second-order valence-electron chi connectivity index (χ2n) is 5.14. The van der Waals surface area contributed by atoms with Crippen molar-refractivity contribution in [1.29, 1.82) is 0 Å². The van der Waals surface area contributed by atoms with Crippen LogP contribution in [0.15, 0.2) is 24.3 Å². The topological polar surface area (TPSA) is 55.1 Å². The number of nitrogens with two attached hydrogens (primary N) is 1. The Bertz CT molecular complexity index is 388. The molecule has 0 saturated carbocycles. The van der Waals surface area contributed by atoms with E-state index in [9.17, 15) is 4.79 Å².